The summed E-state index contributed by atoms with van der Waals surface area (Å²) >= 11 is 5.99. The fraction of sp³-hybridized carbons (Fsp3) is 0.450. The van der Waals surface area contributed by atoms with Crippen molar-refractivity contribution in [2.75, 3.05) is 31.1 Å². The Labute approximate surface area is 173 Å². The van der Waals surface area contributed by atoms with E-state index < -0.39 is 0 Å². The first-order valence-corrected chi connectivity index (χ1v) is 10.4. The van der Waals surface area contributed by atoms with Gasteiger partial charge in [-0.05, 0) is 37.1 Å². The van der Waals surface area contributed by atoms with Gasteiger partial charge < -0.3 is 9.80 Å². The molecule has 1 amide bonds. The van der Waals surface area contributed by atoms with E-state index in [-0.39, 0.29) is 5.92 Å². The predicted molar refractivity (Wildman–Crippen MR) is 110 cm³/mol. The number of aromatic nitrogens is 5. The van der Waals surface area contributed by atoms with Gasteiger partial charge >= 0.3 is 0 Å². The van der Waals surface area contributed by atoms with Gasteiger partial charge in [0.2, 0.25) is 5.91 Å². The molecule has 2 fully saturated rings. The van der Waals surface area contributed by atoms with Gasteiger partial charge in [0.15, 0.2) is 17.0 Å². The summed E-state index contributed by atoms with van der Waals surface area (Å²) in [6.07, 6.45) is 5.99. The van der Waals surface area contributed by atoms with Crippen molar-refractivity contribution < 1.29 is 4.79 Å². The second-order valence-electron chi connectivity index (χ2n) is 7.64. The standard InChI is InChI=1S/C20H22ClN7O/c21-15-5-7-16(8-6-15)28-19-17(24-25-28)18(22-13-23-19)26-9-11-27(12-10-26)20(29)14-3-1-2-4-14/h5-8,13-14H,1-4,9-12H2. The number of hydrogen-bond acceptors (Lipinski definition) is 6. The van der Waals surface area contributed by atoms with Crippen molar-refractivity contribution in [1.82, 2.24) is 29.9 Å². The largest absolute Gasteiger partial charge is 0.351 e. The molecule has 0 atom stereocenters. The van der Waals surface area contributed by atoms with Crippen molar-refractivity contribution in [3.63, 3.8) is 0 Å². The Morgan fingerprint density at radius 2 is 1.72 bits per heavy atom. The van der Waals surface area contributed by atoms with E-state index in [1.807, 2.05) is 29.2 Å². The maximum atomic E-state index is 12.7. The zero-order valence-electron chi connectivity index (χ0n) is 16.0. The molecule has 1 aromatic carbocycles. The van der Waals surface area contributed by atoms with Crippen LogP contribution in [0, 0.1) is 5.92 Å². The van der Waals surface area contributed by atoms with E-state index in [0.717, 1.165) is 37.4 Å². The highest BCUT2D eigenvalue weighted by Gasteiger charge is 2.30. The van der Waals surface area contributed by atoms with Gasteiger partial charge in [0.1, 0.15) is 6.33 Å². The van der Waals surface area contributed by atoms with Crippen LogP contribution in [0.4, 0.5) is 5.82 Å². The second kappa shape index (κ2) is 7.59. The minimum absolute atomic E-state index is 0.228. The molecule has 2 aliphatic rings. The summed E-state index contributed by atoms with van der Waals surface area (Å²) in [5.41, 5.74) is 2.16. The van der Waals surface area contributed by atoms with Crippen LogP contribution in [0.5, 0.6) is 0 Å². The number of amides is 1. The Morgan fingerprint density at radius 3 is 2.45 bits per heavy atom. The van der Waals surface area contributed by atoms with Crippen LogP contribution in [-0.4, -0.2) is 61.9 Å². The summed E-state index contributed by atoms with van der Waals surface area (Å²) in [5.74, 6) is 1.32. The van der Waals surface area contributed by atoms with Crippen LogP contribution in [0.2, 0.25) is 5.02 Å². The average molecular weight is 412 g/mol. The minimum Gasteiger partial charge on any atom is -0.351 e. The molecule has 2 aromatic heterocycles. The molecule has 1 aliphatic heterocycles. The van der Waals surface area contributed by atoms with Gasteiger partial charge in [-0.1, -0.05) is 29.7 Å². The summed E-state index contributed by atoms with van der Waals surface area (Å²) in [6.45, 7) is 2.90. The van der Waals surface area contributed by atoms with Gasteiger partial charge in [-0.3, -0.25) is 4.79 Å². The number of hydrogen-bond donors (Lipinski definition) is 0. The van der Waals surface area contributed by atoms with Gasteiger partial charge in [0.05, 0.1) is 5.69 Å². The second-order valence-corrected chi connectivity index (χ2v) is 8.08. The quantitative estimate of drug-likeness (QED) is 0.659. The molecule has 3 heterocycles. The van der Waals surface area contributed by atoms with E-state index in [1.54, 1.807) is 11.0 Å². The van der Waals surface area contributed by atoms with Crippen molar-refractivity contribution in [1.29, 1.82) is 0 Å². The van der Waals surface area contributed by atoms with E-state index in [1.165, 1.54) is 12.8 Å². The highest BCUT2D eigenvalue weighted by atomic mass is 35.5. The lowest BCUT2D eigenvalue weighted by atomic mass is 10.1. The summed E-state index contributed by atoms with van der Waals surface area (Å²) in [5, 5.41) is 9.28. The molecule has 8 nitrogen and oxygen atoms in total. The first-order chi connectivity index (χ1) is 14.2. The lowest BCUT2D eigenvalue weighted by molar-refractivity contribution is -0.135. The van der Waals surface area contributed by atoms with Crippen LogP contribution in [-0.2, 0) is 4.79 Å². The van der Waals surface area contributed by atoms with Crippen molar-refractivity contribution in [3.05, 3.63) is 35.6 Å². The van der Waals surface area contributed by atoms with E-state index in [4.69, 9.17) is 11.6 Å². The van der Waals surface area contributed by atoms with Crippen LogP contribution >= 0.6 is 11.6 Å². The molecule has 0 N–H and O–H groups in total. The van der Waals surface area contributed by atoms with Crippen LogP contribution in [0.1, 0.15) is 25.7 Å². The zero-order chi connectivity index (χ0) is 19.8. The highest BCUT2D eigenvalue weighted by molar-refractivity contribution is 6.30. The smallest absolute Gasteiger partial charge is 0.225 e. The Morgan fingerprint density at radius 1 is 1.00 bits per heavy atom. The average Bonchev–Trinajstić information content (AvgIpc) is 3.44. The first-order valence-electron chi connectivity index (χ1n) is 10.1. The minimum atomic E-state index is 0.228. The number of nitrogens with zero attached hydrogens (tertiary/aromatic N) is 7. The summed E-state index contributed by atoms with van der Waals surface area (Å²) in [6, 6.07) is 7.39. The van der Waals surface area contributed by atoms with Crippen LogP contribution in [0.15, 0.2) is 30.6 Å². The number of rotatable bonds is 3. The van der Waals surface area contributed by atoms with Gasteiger partial charge in [-0.2, -0.15) is 4.68 Å². The third kappa shape index (κ3) is 3.42. The Balaban J connectivity index is 1.36. The third-order valence-corrected chi connectivity index (χ3v) is 6.14. The fourth-order valence-electron chi connectivity index (χ4n) is 4.29. The molecule has 0 spiro atoms. The van der Waals surface area contributed by atoms with E-state index >= 15 is 0 Å². The maximum absolute atomic E-state index is 12.7. The number of carbonyl (C=O) groups is 1. The van der Waals surface area contributed by atoms with Crippen molar-refractivity contribution in [3.8, 4) is 5.69 Å². The molecule has 1 saturated carbocycles. The predicted octanol–water partition coefficient (Wildman–Crippen LogP) is 2.70. The topological polar surface area (TPSA) is 80.0 Å². The SMILES string of the molecule is O=C(C1CCCC1)N1CCN(c2ncnc3c2nnn3-c2ccc(Cl)cc2)CC1. The lowest BCUT2D eigenvalue weighted by Crippen LogP contribution is -2.50. The molecule has 29 heavy (non-hydrogen) atoms. The number of halogens is 1. The fourth-order valence-corrected chi connectivity index (χ4v) is 4.42. The molecule has 1 saturated heterocycles. The number of carbonyl (C=O) groups excluding carboxylic acids is 1. The molecular weight excluding hydrogens is 390 g/mol. The Bertz CT molecular complexity index is 1020. The number of fused-ring (bicyclic) bond motifs is 1. The summed E-state index contributed by atoms with van der Waals surface area (Å²) in [4.78, 5) is 25.7. The van der Waals surface area contributed by atoms with Crippen LogP contribution in [0.25, 0.3) is 16.9 Å². The number of piperazine rings is 1. The summed E-state index contributed by atoms with van der Waals surface area (Å²) in [7, 11) is 0. The molecule has 0 radical (unpaired) electrons. The number of benzene rings is 1. The Kier molecular flexibility index (Phi) is 4.79. The molecule has 3 aromatic rings. The van der Waals surface area contributed by atoms with Gasteiger partial charge in [0.25, 0.3) is 0 Å². The van der Waals surface area contributed by atoms with E-state index in [0.29, 0.717) is 35.2 Å². The Hall–Kier alpha value is -2.74. The van der Waals surface area contributed by atoms with Gasteiger partial charge in [-0.25, -0.2) is 9.97 Å². The molecule has 1 aliphatic carbocycles. The van der Waals surface area contributed by atoms with Crippen LogP contribution in [0.3, 0.4) is 0 Å². The highest BCUT2D eigenvalue weighted by Crippen LogP contribution is 2.28. The maximum Gasteiger partial charge on any atom is 0.225 e. The van der Waals surface area contributed by atoms with Gasteiger partial charge in [0, 0.05) is 37.1 Å². The van der Waals surface area contributed by atoms with E-state index in [9.17, 15) is 4.79 Å². The zero-order valence-corrected chi connectivity index (χ0v) is 16.8. The monoisotopic (exact) mass is 411 g/mol. The third-order valence-electron chi connectivity index (χ3n) is 5.88. The molecular formula is C20H22ClN7O. The number of anilines is 1. The molecule has 5 rings (SSSR count). The van der Waals surface area contributed by atoms with Gasteiger partial charge in [-0.15, -0.1) is 5.10 Å². The van der Waals surface area contributed by atoms with Crippen molar-refractivity contribution in [2.24, 2.45) is 5.92 Å². The molecule has 0 bridgehead atoms. The first kappa shape index (κ1) is 18.3. The molecule has 0 unspecified atom stereocenters. The normalized spacial score (nSPS) is 18.0. The van der Waals surface area contributed by atoms with Crippen molar-refractivity contribution in [2.45, 2.75) is 25.7 Å². The van der Waals surface area contributed by atoms with Crippen LogP contribution < -0.4 is 4.90 Å². The molecule has 9 heteroatoms. The van der Waals surface area contributed by atoms with Crippen molar-refractivity contribution >= 4 is 34.5 Å². The summed E-state index contributed by atoms with van der Waals surface area (Å²) < 4.78 is 1.69. The molecule has 150 valence electrons. The lowest BCUT2D eigenvalue weighted by Gasteiger charge is -2.36. The van der Waals surface area contributed by atoms with E-state index in [2.05, 4.69) is 25.2 Å².